The van der Waals surface area contributed by atoms with Gasteiger partial charge in [-0.3, -0.25) is 0 Å². The summed E-state index contributed by atoms with van der Waals surface area (Å²) in [5.74, 6) is -18.4. The average Bonchev–Trinajstić information content (AvgIpc) is 2.64. The van der Waals surface area contributed by atoms with Crippen molar-refractivity contribution >= 4 is 59.7 Å². The third-order valence-corrected chi connectivity index (χ3v) is 0.833. The Morgan fingerprint density at radius 2 is 0.324 bits per heavy atom. The van der Waals surface area contributed by atoms with Gasteiger partial charge in [-0.05, 0) is 0 Å². The van der Waals surface area contributed by atoms with Crippen LogP contribution in [0, 0.1) is 0 Å². The molecule has 0 spiro atoms. The normalized spacial score (nSPS) is 6.65. The Kier molecular flexibility index (Phi) is 51.1. The number of carbonyl (C=O) groups excluding carboxylic acids is 10. The zero-order valence-electron chi connectivity index (χ0n) is 15.1. The quantitative estimate of drug-likeness (QED) is 0.200. The molecule has 0 aromatic rings. The fraction of sp³-hybridized carbons (Fsp3) is 0. The summed E-state index contributed by atoms with van der Waals surface area (Å²) in [7, 11) is 0. The summed E-state index contributed by atoms with van der Waals surface area (Å²) in [6.07, 6.45) is 0. The third-order valence-electron chi connectivity index (χ3n) is 0.833. The Labute approximate surface area is 207 Å². The van der Waals surface area contributed by atoms with Gasteiger partial charge in [0.05, 0.1) is 59.7 Å². The van der Waals surface area contributed by atoms with E-state index in [9.17, 15) is 0 Å². The Morgan fingerprint density at radius 1 is 0.294 bits per heavy atom. The van der Waals surface area contributed by atoms with Crippen LogP contribution in [0.5, 0.6) is 0 Å². The topological polar surface area (TPSA) is 448 Å². The van der Waals surface area contributed by atoms with Gasteiger partial charge in [0.1, 0.15) is 0 Å². The monoisotopic (exact) mass is 575 g/mol. The van der Waals surface area contributed by atoms with Gasteiger partial charge in [-0.1, -0.05) is 0 Å². The van der Waals surface area contributed by atoms with E-state index in [4.69, 9.17) is 104 Å². The molecule has 0 heterocycles. The number of carboxylic acid groups (broad SMARTS) is 10. The number of hydrogen-bond donors (Lipinski definition) is 2. The molecular weight excluding hydrogens is 572 g/mol. The van der Waals surface area contributed by atoms with Gasteiger partial charge in [0.2, 0.25) is 0 Å². The van der Waals surface area contributed by atoms with Crippen LogP contribution in [0.3, 0.4) is 0 Å². The van der Waals surface area contributed by atoms with Crippen molar-refractivity contribution in [2.75, 3.05) is 0 Å². The van der Waals surface area contributed by atoms with Gasteiger partial charge in [0.15, 0.2) is 0 Å². The molecular formula is C10H3NO21V2-10. The van der Waals surface area contributed by atoms with Gasteiger partial charge in [-0.15, -0.1) is 0 Å². The van der Waals surface area contributed by atoms with Crippen molar-refractivity contribution in [3.63, 3.8) is 0 Å². The largest absolute Gasteiger partial charge is 0.543 e. The van der Waals surface area contributed by atoms with E-state index in [0.29, 0.717) is 0 Å². The van der Waals surface area contributed by atoms with Crippen molar-refractivity contribution in [3.8, 4) is 0 Å². The number of carboxylic acids is 10. The summed E-state index contributed by atoms with van der Waals surface area (Å²) in [4.78, 5) is 89.3. The van der Waals surface area contributed by atoms with Crippen molar-refractivity contribution in [3.05, 3.63) is 0 Å². The van der Waals surface area contributed by atoms with E-state index in [1.165, 1.54) is 0 Å². The van der Waals surface area contributed by atoms with E-state index in [1.807, 2.05) is 0 Å². The fourth-order valence-corrected chi connectivity index (χ4v) is 0. The predicted molar refractivity (Wildman–Crippen MR) is 56.0 cm³/mol. The SMILES string of the molecule is NO.O=C([O-])C(=O)[O-].O=C([O-])C(=O)[O-].O=C([O-])C(=O)[O-].O=C([O-])C(=O)[O-].O=C([O-])C(=O)[O-].[V].[V]. The zero-order chi connectivity index (χ0) is 27.8. The molecule has 3 N–H and O–H groups in total. The number of nitrogens with two attached hydrogens (primary N) is 1. The molecule has 0 aromatic carbocycles. The molecule has 0 bridgehead atoms. The minimum absolute atomic E-state index is 0. The minimum Gasteiger partial charge on any atom is -0.543 e. The number of carbonyl (C=O) groups is 10. The van der Waals surface area contributed by atoms with Crippen LogP contribution < -0.4 is 57.0 Å². The van der Waals surface area contributed by atoms with Crippen LogP contribution in [-0.4, -0.2) is 64.9 Å². The Balaban J connectivity index is -0.0000000400. The maximum Gasteiger partial charge on any atom is 0.0870 e. The van der Waals surface area contributed by atoms with Crippen molar-refractivity contribution in [2.45, 2.75) is 0 Å². The van der Waals surface area contributed by atoms with E-state index in [-0.39, 0.29) is 37.1 Å². The van der Waals surface area contributed by atoms with Crippen LogP contribution in [0.4, 0.5) is 0 Å². The molecule has 0 aromatic heterocycles. The van der Waals surface area contributed by atoms with Gasteiger partial charge in [0, 0.05) is 37.1 Å². The Bertz CT molecular complexity index is 515. The molecule has 0 amide bonds. The van der Waals surface area contributed by atoms with E-state index in [1.54, 1.807) is 0 Å². The summed E-state index contributed by atoms with van der Waals surface area (Å²) in [5.41, 5.74) is 0. The van der Waals surface area contributed by atoms with Crippen molar-refractivity contribution in [1.29, 1.82) is 0 Å². The molecule has 0 saturated carbocycles. The summed E-state index contributed by atoms with van der Waals surface area (Å²) >= 11 is 0. The van der Waals surface area contributed by atoms with Crippen LogP contribution in [0.2, 0.25) is 0 Å². The smallest absolute Gasteiger partial charge is 0.0870 e. The fourth-order valence-electron chi connectivity index (χ4n) is 0. The molecule has 0 fully saturated rings. The second-order valence-electron chi connectivity index (χ2n) is 2.87. The van der Waals surface area contributed by atoms with Gasteiger partial charge < -0.3 is 104 Å². The van der Waals surface area contributed by atoms with Crippen molar-refractivity contribution in [1.82, 2.24) is 0 Å². The molecule has 34 heavy (non-hydrogen) atoms. The van der Waals surface area contributed by atoms with Crippen LogP contribution in [0.1, 0.15) is 0 Å². The molecule has 24 heteroatoms. The molecule has 0 rings (SSSR count). The maximum absolute atomic E-state index is 8.93. The third kappa shape index (κ3) is 80.0. The maximum atomic E-state index is 8.93. The number of aliphatic carboxylic acids is 10. The molecule has 0 atom stereocenters. The standard InChI is InChI=1S/5C2H2O4.H3NO.2V/c5*3-1(4)2(5)6;1-2;;/h5*(H,3,4)(H,5,6);2H,1H2;;/p-10. The predicted octanol–water partition coefficient (Wildman–Crippen LogP) is -18.2. The first-order valence-electron chi connectivity index (χ1n) is 5.59. The van der Waals surface area contributed by atoms with Gasteiger partial charge in [0.25, 0.3) is 0 Å². The number of hydrogen-bond acceptors (Lipinski definition) is 22. The number of rotatable bonds is 0. The summed E-state index contributed by atoms with van der Waals surface area (Å²) in [6.45, 7) is 0. The Morgan fingerprint density at radius 3 is 0.324 bits per heavy atom. The van der Waals surface area contributed by atoms with Crippen LogP contribution in [0.15, 0.2) is 0 Å². The van der Waals surface area contributed by atoms with E-state index < -0.39 is 59.7 Å². The average molecular weight is 575 g/mol. The van der Waals surface area contributed by atoms with Crippen LogP contribution in [-0.2, 0) is 85.1 Å². The first kappa shape index (κ1) is 52.0. The first-order chi connectivity index (χ1) is 14.2. The van der Waals surface area contributed by atoms with Crippen molar-refractivity contribution < 1.29 is 141 Å². The van der Waals surface area contributed by atoms with E-state index in [2.05, 4.69) is 5.90 Å². The first-order valence-corrected chi connectivity index (χ1v) is 5.59. The van der Waals surface area contributed by atoms with Gasteiger partial charge >= 0.3 is 0 Å². The second kappa shape index (κ2) is 33.4. The molecule has 2 radical (unpaired) electrons. The molecule has 194 valence electrons. The minimum atomic E-state index is -2.19. The molecule has 0 saturated heterocycles. The molecule has 0 aliphatic rings. The molecule has 0 unspecified atom stereocenters. The summed E-state index contributed by atoms with van der Waals surface area (Å²) in [5, 5.41) is 95.8. The summed E-state index contributed by atoms with van der Waals surface area (Å²) in [6, 6.07) is 0. The Hall–Kier alpha value is -4.21. The van der Waals surface area contributed by atoms with E-state index >= 15 is 0 Å². The zero-order valence-corrected chi connectivity index (χ0v) is 17.9. The van der Waals surface area contributed by atoms with E-state index in [0.717, 1.165) is 0 Å². The molecule has 0 aliphatic heterocycles. The van der Waals surface area contributed by atoms with Crippen LogP contribution >= 0.6 is 0 Å². The molecule has 22 nitrogen and oxygen atoms in total. The second-order valence-corrected chi connectivity index (χ2v) is 2.87. The summed E-state index contributed by atoms with van der Waals surface area (Å²) < 4.78 is 0. The molecule has 0 aliphatic carbocycles. The van der Waals surface area contributed by atoms with Crippen LogP contribution in [0.25, 0.3) is 0 Å². The van der Waals surface area contributed by atoms with Gasteiger partial charge in [-0.2, -0.15) is 0 Å². The van der Waals surface area contributed by atoms with Crippen molar-refractivity contribution in [2.24, 2.45) is 5.90 Å². The van der Waals surface area contributed by atoms with Gasteiger partial charge in [-0.25, -0.2) is 5.90 Å².